The van der Waals surface area contributed by atoms with E-state index in [0.717, 1.165) is 26.1 Å². The van der Waals surface area contributed by atoms with Gasteiger partial charge in [-0.05, 0) is 57.9 Å². The first-order chi connectivity index (χ1) is 9.77. The fourth-order valence-electron chi connectivity index (χ4n) is 3.43. The van der Waals surface area contributed by atoms with Crippen molar-refractivity contribution in [3.8, 4) is 0 Å². The lowest BCUT2D eigenvalue weighted by Gasteiger charge is -2.33. The Labute approximate surface area is 123 Å². The molecule has 1 aromatic heterocycles. The normalized spacial score (nSPS) is 24.8. The van der Waals surface area contributed by atoms with Gasteiger partial charge in [0.25, 0.3) is 0 Å². The fraction of sp³-hybridized carbons (Fsp3) is 0.812. The van der Waals surface area contributed by atoms with E-state index in [4.69, 9.17) is 0 Å². The Kier molecular flexibility index (Phi) is 6.05. The average molecular weight is 278 g/mol. The lowest BCUT2D eigenvalue weighted by molar-refractivity contribution is 0.178. The molecule has 0 aromatic carbocycles. The molecule has 2 heterocycles. The Balaban J connectivity index is 2.22. The van der Waals surface area contributed by atoms with E-state index in [1.54, 1.807) is 0 Å². The summed E-state index contributed by atoms with van der Waals surface area (Å²) in [5, 5.41) is 8.08. The summed E-state index contributed by atoms with van der Waals surface area (Å²) in [6.07, 6.45) is 7.09. The van der Waals surface area contributed by atoms with E-state index in [9.17, 15) is 0 Å². The SMILES string of the molecule is CCCn1nccc1C1C(CNCC)CCCCN1C. The second-order valence-electron chi connectivity index (χ2n) is 5.97. The number of aryl methyl sites for hydroxylation is 1. The van der Waals surface area contributed by atoms with Crippen LogP contribution in [0.2, 0.25) is 0 Å². The number of nitrogens with zero attached hydrogens (tertiary/aromatic N) is 3. The molecule has 1 aromatic rings. The van der Waals surface area contributed by atoms with Gasteiger partial charge >= 0.3 is 0 Å². The minimum Gasteiger partial charge on any atom is -0.317 e. The third-order valence-corrected chi connectivity index (χ3v) is 4.40. The highest BCUT2D eigenvalue weighted by Gasteiger charge is 2.30. The highest BCUT2D eigenvalue weighted by Crippen LogP contribution is 2.33. The summed E-state index contributed by atoms with van der Waals surface area (Å²) in [5.74, 6) is 0.690. The van der Waals surface area contributed by atoms with Crippen LogP contribution in [0.1, 0.15) is 51.3 Å². The summed E-state index contributed by atoms with van der Waals surface area (Å²) in [5.41, 5.74) is 1.40. The van der Waals surface area contributed by atoms with Crippen LogP contribution in [-0.4, -0.2) is 41.4 Å². The van der Waals surface area contributed by atoms with Gasteiger partial charge in [-0.2, -0.15) is 5.10 Å². The zero-order valence-electron chi connectivity index (χ0n) is 13.3. The molecule has 0 amide bonds. The molecule has 2 atom stereocenters. The third kappa shape index (κ3) is 3.61. The Hall–Kier alpha value is -0.870. The number of hydrogen-bond donors (Lipinski definition) is 1. The van der Waals surface area contributed by atoms with E-state index < -0.39 is 0 Å². The molecule has 0 bridgehead atoms. The smallest absolute Gasteiger partial charge is 0.0559 e. The van der Waals surface area contributed by atoms with Crippen molar-refractivity contribution in [1.82, 2.24) is 20.0 Å². The van der Waals surface area contributed by atoms with Crippen LogP contribution in [0.4, 0.5) is 0 Å². The molecule has 0 radical (unpaired) electrons. The molecule has 1 saturated heterocycles. The lowest BCUT2D eigenvalue weighted by Crippen LogP contribution is -2.36. The molecule has 2 unspecified atom stereocenters. The summed E-state index contributed by atoms with van der Waals surface area (Å²) < 4.78 is 2.21. The standard InChI is InChI=1S/C16H30N4/c1-4-11-20-15(9-10-18-20)16-14(13-17-5-2)8-6-7-12-19(16)3/h9-10,14,16-17H,4-8,11-13H2,1-3H3. The summed E-state index contributed by atoms with van der Waals surface area (Å²) in [4.78, 5) is 2.54. The Morgan fingerprint density at radius 3 is 2.95 bits per heavy atom. The van der Waals surface area contributed by atoms with Crippen LogP contribution < -0.4 is 5.32 Å². The molecule has 114 valence electrons. The van der Waals surface area contributed by atoms with Crippen LogP contribution in [0.25, 0.3) is 0 Å². The Morgan fingerprint density at radius 2 is 2.20 bits per heavy atom. The van der Waals surface area contributed by atoms with E-state index in [2.05, 4.69) is 47.0 Å². The van der Waals surface area contributed by atoms with Crippen LogP contribution in [0, 0.1) is 5.92 Å². The summed E-state index contributed by atoms with van der Waals surface area (Å²) >= 11 is 0. The van der Waals surface area contributed by atoms with E-state index >= 15 is 0 Å². The second-order valence-corrected chi connectivity index (χ2v) is 5.97. The molecule has 4 nitrogen and oxygen atoms in total. The van der Waals surface area contributed by atoms with Gasteiger partial charge in [-0.3, -0.25) is 9.58 Å². The lowest BCUT2D eigenvalue weighted by atomic mass is 9.92. The monoisotopic (exact) mass is 278 g/mol. The average Bonchev–Trinajstić information content (AvgIpc) is 2.80. The molecule has 0 aliphatic carbocycles. The van der Waals surface area contributed by atoms with Gasteiger partial charge in [0.15, 0.2) is 0 Å². The minimum atomic E-state index is 0.505. The molecule has 0 saturated carbocycles. The molecule has 0 spiro atoms. The molecule has 4 heteroatoms. The van der Waals surface area contributed by atoms with Crippen molar-refractivity contribution in [2.75, 3.05) is 26.7 Å². The van der Waals surface area contributed by atoms with Gasteiger partial charge in [-0.15, -0.1) is 0 Å². The van der Waals surface area contributed by atoms with Gasteiger partial charge in [0.1, 0.15) is 0 Å². The number of aromatic nitrogens is 2. The zero-order valence-corrected chi connectivity index (χ0v) is 13.3. The minimum absolute atomic E-state index is 0.505. The van der Waals surface area contributed by atoms with E-state index in [1.165, 1.54) is 31.5 Å². The van der Waals surface area contributed by atoms with E-state index in [-0.39, 0.29) is 0 Å². The Bertz CT molecular complexity index is 388. The maximum atomic E-state index is 4.53. The van der Waals surface area contributed by atoms with Crippen molar-refractivity contribution < 1.29 is 0 Å². The predicted octanol–water partition coefficient (Wildman–Crippen LogP) is 2.68. The van der Waals surface area contributed by atoms with E-state index in [0.29, 0.717) is 12.0 Å². The highest BCUT2D eigenvalue weighted by molar-refractivity contribution is 5.10. The largest absolute Gasteiger partial charge is 0.317 e. The highest BCUT2D eigenvalue weighted by atomic mass is 15.3. The van der Waals surface area contributed by atoms with Crippen molar-refractivity contribution in [2.24, 2.45) is 5.92 Å². The van der Waals surface area contributed by atoms with Crippen LogP contribution in [0.5, 0.6) is 0 Å². The number of nitrogens with one attached hydrogen (secondary N) is 1. The van der Waals surface area contributed by atoms with Gasteiger partial charge in [-0.25, -0.2) is 0 Å². The molecule has 1 aliphatic heterocycles. The van der Waals surface area contributed by atoms with Crippen molar-refractivity contribution in [1.29, 1.82) is 0 Å². The van der Waals surface area contributed by atoms with Gasteiger partial charge in [0, 0.05) is 12.7 Å². The van der Waals surface area contributed by atoms with Crippen LogP contribution in [-0.2, 0) is 6.54 Å². The van der Waals surface area contributed by atoms with Crippen molar-refractivity contribution in [3.05, 3.63) is 18.0 Å². The molecule has 1 aliphatic rings. The molecule has 1 fully saturated rings. The quantitative estimate of drug-likeness (QED) is 0.868. The fourth-order valence-corrected chi connectivity index (χ4v) is 3.43. The Morgan fingerprint density at radius 1 is 1.35 bits per heavy atom. The molecule has 1 N–H and O–H groups in total. The molecular weight excluding hydrogens is 248 g/mol. The maximum absolute atomic E-state index is 4.53. The van der Waals surface area contributed by atoms with Gasteiger partial charge in [-0.1, -0.05) is 20.3 Å². The first-order valence-corrected chi connectivity index (χ1v) is 8.20. The molecule has 20 heavy (non-hydrogen) atoms. The maximum Gasteiger partial charge on any atom is 0.0559 e. The van der Waals surface area contributed by atoms with Crippen molar-refractivity contribution in [2.45, 2.75) is 52.1 Å². The van der Waals surface area contributed by atoms with Crippen molar-refractivity contribution in [3.63, 3.8) is 0 Å². The molecular formula is C16H30N4. The predicted molar refractivity (Wildman–Crippen MR) is 83.8 cm³/mol. The first-order valence-electron chi connectivity index (χ1n) is 8.20. The topological polar surface area (TPSA) is 33.1 Å². The van der Waals surface area contributed by atoms with Crippen molar-refractivity contribution >= 4 is 0 Å². The zero-order chi connectivity index (χ0) is 14.4. The summed E-state index contributed by atoms with van der Waals surface area (Å²) in [6.45, 7) is 8.81. The number of rotatable bonds is 6. The summed E-state index contributed by atoms with van der Waals surface area (Å²) in [6, 6.07) is 2.73. The van der Waals surface area contributed by atoms with Crippen LogP contribution in [0.15, 0.2) is 12.3 Å². The van der Waals surface area contributed by atoms with Gasteiger partial charge in [0.2, 0.25) is 0 Å². The number of hydrogen-bond acceptors (Lipinski definition) is 3. The van der Waals surface area contributed by atoms with Gasteiger partial charge < -0.3 is 5.32 Å². The van der Waals surface area contributed by atoms with Crippen LogP contribution in [0.3, 0.4) is 0 Å². The van der Waals surface area contributed by atoms with Gasteiger partial charge in [0.05, 0.1) is 11.7 Å². The first kappa shape index (κ1) is 15.5. The third-order valence-electron chi connectivity index (χ3n) is 4.40. The second kappa shape index (κ2) is 7.79. The molecule has 2 rings (SSSR count). The summed E-state index contributed by atoms with van der Waals surface area (Å²) in [7, 11) is 2.28. The number of likely N-dealkylation sites (tertiary alicyclic amines) is 1. The van der Waals surface area contributed by atoms with E-state index in [1.807, 2.05) is 6.20 Å². The van der Waals surface area contributed by atoms with Crippen LogP contribution >= 0.6 is 0 Å².